The number of hydrogen-bond donors (Lipinski definition) is 1. The number of aromatic hydroxyl groups is 1. The fraction of sp³-hybridized carbons (Fsp3) is 0.633. The maximum atomic E-state index is 13.5. The van der Waals surface area contributed by atoms with E-state index in [1.807, 2.05) is 18.2 Å². The third-order valence-electron chi connectivity index (χ3n) is 27.1. The van der Waals surface area contributed by atoms with Crippen LogP contribution in [0.3, 0.4) is 0 Å². The van der Waals surface area contributed by atoms with Gasteiger partial charge in [0.05, 0.1) is 29.5 Å². The molecule has 1 N–H and O–H groups in total. The molecule has 3 saturated heterocycles. The van der Waals surface area contributed by atoms with Crippen LogP contribution in [-0.4, -0.2) is 151 Å². The number of halogens is 9. The SMILES string of the molecule is CCCCOc1ccc([S+]2CCCC2)c2ccccc12.CCCCOc1ccc([S+]2CCCC2)c2ccccc12.O=C(OC(C(F)(F)F)C(F)(F)S(=O)(=O)[O-])C12CC3CC(CC(C3)C1)C2.O=C(OCC(F)(F)S(=O)(=O)[O-])C12CC3CC(CC(C3)C1)C2.O=C(OCC(F)(F)S(=O)(=O)[O-])C12CC3CC(CC(C3)C1)C2.Oc1ccc([S+]2CCCC2)c2ccccc12. The molecule has 6 aromatic rings. The first-order chi connectivity index (χ1) is 58.1. The molecule has 123 heavy (non-hydrogen) atoms. The van der Waals surface area contributed by atoms with Gasteiger partial charge in [0.2, 0.25) is 0 Å². The number of phenols is 1. The largest absolute Gasteiger partial charge is 0.743 e. The molecule has 3 heterocycles. The van der Waals surface area contributed by atoms with Gasteiger partial charge < -0.3 is 42.4 Å². The molecule has 12 saturated carbocycles. The molecule has 12 bridgehead atoms. The summed E-state index contributed by atoms with van der Waals surface area (Å²) in [6.07, 6.45) is 16.3. The van der Waals surface area contributed by atoms with Gasteiger partial charge in [0.15, 0.2) is 58.3 Å². The quantitative estimate of drug-likeness (QED) is 0.0156. The summed E-state index contributed by atoms with van der Waals surface area (Å²) < 4.78 is 237. The maximum Gasteiger partial charge on any atom is 0.432 e. The zero-order valence-corrected chi connectivity index (χ0v) is 74.2. The first-order valence-electron chi connectivity index (χ1n) is 43.3. The van der Waals surface area contributed by atoms with E-state index in [4.69, 9.17) is 9.47 Å². The van der Waals surface area contributed by atoms with Gasteiger partial charge in [-0.25, -0.2) is 25.3 Å². The van der Waals surface area contributed by atoms with Gasteiger partial charge in [0.1, 0.15) is 51.8 Å². The van der Waals surface area contributed by atoms with E-state index < -0.39 is 106 Å². The summed E-state index contributed by atoms with van der Waals surface area (Å²) in [7, 11) is -17.0. The highest BCUT2D eigenvalue weighted by Crippen LogP contribution is 2.64. The Morgan fingerprint density at radius 2 is 0.667 bits per heavy atom. The van der Waals surface area contributed by atoms with Gasteiger partial charge in [-0.15, -0.1) is 0 Å². The summed E-state index contributed by atoms with van der Waals surface area (Å²) in [4.78, 5) is 41.4. The number of hydrogen-bond acceptors (Lipinski definition) is 18. The van der Waals surface area contributed by atoms with Crippen molar-refractivity contribution < 1.29 is 122 Å². The Labute approximate surface area is 723 Å². The summed E-state index contributed by atoms with van der Waals surface area (Å²) in [5.41, 5.74) is -2.77. The van der Waals surface area contributed by atoms with Crippen LogP contribution < -0.4 is 9.47 Å². The van der Waals surface area contributed by atoms with E-state index in [-0.39, 0.29) is 37.0 Å². The molecule has 15 aliphatic rings. The van der Waals surface area contributed by atoms with E-state index in [1.165, 1.54) is 118 Å². The second-order valence-electron chi connectivity index (χ2n) is 36.3. The van der Waals surface area contributed by atoms with Crippen LogP contribution in [0.1, 0.15) is 194 Å². The predicted molar refractivity (Wildman–Crippen MR) is 452 cm³/mol. The fourth-order valence-corrected chi connectivity index (χ4v) is 30.9. The number of carbonyl (C=O) groups is 3. The van der Waals surface area contributed by atoms with Crippen molar-refractivity contribution in [2.24, 2.45) is 69.5 Å². The topological polar surface area (TPSA) is 289 Å². The molecule has 0 amide bonds. The summed E-state index contributed by atoms with van der Waals surface area (Å²) in [5, 5.41) is 2.57. The highest BCUT2D eigenvalue weighted by atomic mass is 32.2. The van der Waals surface area contributed by atoms with Crippen molar-refractivity contribution in [3.8, 4) is 17.2 Å². The lowest BCUT2D eigenvalue weighted by atomic mass is 9.49. The Hall–Kier alpha value is -5.94. The van der Waals surface area contributed by atoms with Crippen LogP contribution in [0.4, 0.5) is 39.5 Å². The third kappa shape index (κ3) is 21.8. The van der Waals surface area contributed by atoms with E-state index in [1.54, 1.807) is 9.79 Å². The van der Waals surface area contributed by atoms with Crippen molar-refractivity contribution >= 4 is 113 Å². The minimum atomic E-state index is -6.67. The van der Waals surface area contributed by atoms with Gasteiger partial charge >= 0.3 is 39.8 Å². The number of rotatable bonds is 23. The van der Waals surface area contributed by atoms with Crippen molar-refractivity contribution in [1.82, 2.24) is 0 Å². The van der Waals surface area contributed by atoms with Crippen LogP contribution in [-0.2, 0) is 91.6 Å². The summed E-state index contributed by atoms with van der Waals surface area (Å²) in [6.45, 7) is 2.69. The Kier molecular flexibility index (Phi) is 29.8. The molecule has 18 nitrogen and oxygen atoms in total. The lowest BCUT2D eigenvalue weighted by molar-refractivity contribution is -0.266. The standard InChI is InChI=1S/2C18H23OS.C14H17F5O5S.C14H14OS.2C13H18F2O5S/c2*1-2-3-12-19-17-10-11-18(20-13-6-7-14-20)16-9-5-4-8-15(16)17;15-13(16,17)10(14(18,19)25(21,22)23)24-11(20)12-4-7-1-8(5-12)3-9(2-7)6-12;15-13-7-8-14(16-9-3-4-10-16)12-6-2-1-5-11(12)13;2*14-13(15,21(17,18)19)7-20-11(16)12-4-8-1-9(5-12)3-10(2-8)6-12/h2*4-5,8-11H,2-3,6-7,12-14H2,1H3;7-10H,1-6H2,(H,21,22,23);1-2,5-8H,3-4,9-10H2;2*8-10H,1-7H2,(H,17,18,19)/q2*+1;;;;/p-2. The monoisotopic (exact) mass is 1840 g/mol. The van der Waals surface area contributed by atoms with Gasteiger partial charge in [-0.05, 0) is 275 Å². The molecular formula is C90H111F9O18S6. The normalized spacial score (nSPS) is 27.9. The van der Waals surface area contributed by atoms with Crippen LogP contribution in [0.25, 0.3) is 32.3 Å². The number of carbonyl (C=O) groups excluding carboxylic acids is 3. The fourth-order valence-electron chi connectivity index (χ4n) is 22.5. The number of phenolic OH excluding ortho intramolecular Hbond substituents is 1. The molecule has 15 fully saturated rings. The molecule has 1 atom stereocenters. The number of unbranched alkanes of at least 4 members (excludes halogenated alkanes) is 2. The predicted octanol–water partition coefficient (Wildman–Crippen LogP) is 19.5. The third-order valence-corrected chi connectivity index (χ3v) is 37.3. The minimum absolute atomic E-state index is 0.131. The molecule has 0 spiro atoms. The van der Waals surface area contributed by atoms with Gasteiger partial charge in [0, 0.05) is 65.0 Å². The molecule has 1 unspecified atom stereocenters. The van der Waals surface area contributed by atoms with E-state index >= 15 is 0 Å². The first-order valence-corrected chi connectivity index (χ1v) is 52.2. The van der Waals surface area contributed by atoms with Crippen molar-refractivity contribution in [3.05, 3.63) is 109 Å². The van der Waals surface area contributed by atoms with Crippen molar-refractivity contribution in [3.63, 3.8) is 0 Å². The van der Waals surface area contributed by atoms with Crippen LogP contribution in [0, 0.1) is 69.5 Å². The van der Waals surface area contributed by atoms with Gasteiger partial charge in [-0.2, -0.15) is 39.5 Å². The highest BCUT2D eigenvalue weighted by Gasteiger charge is 2.66. The molecule has 3 aliphatic heterocycles. The smallest absolute Gasteiger partial charge is 0.432 e. The Morgan fingerprint density at radius 1 is 0.398 bits per heavy atom. The molecular weight excluding hydrogens is 1730 g/mol. The summed E-state index contributed by atoms with van der Waals surface area (Å²) in [5.74, 6) is 10.7. The van der Waals surface area contributed by atoms with Gasteiger partial charge in [-0.1, -0.05) is 81.3 Å². The molecule has 6 aromatic carbocycles. The zero-order valence-electron chi connectivity index (χ0n) is 69.3. The molecule has 0 radical (unpaired) electrons. The average Bonchev–Trinajstić information content (AvgIpc) is 1.74. The lowest BCUT2D eigenvalue weighted by Crippen LogP contribution is -2.56. The molecule has 33 heteroatoms. The van der Waals surface area contributed by atoms with E-state index in [2.05, 4.69) is 119 Å². The number of ether oxygens (including phenoxy) is 5. The number of benzene rings is 6. The van der Waals surface area contributed by atoms with E-state index in [0.717, 1.165) is 101 Å². The lowest BCUT2D eigenvalue weighted by Gasteiger charge is -2.55. The molecule has 678 valence electrons. The van der Waals surface area contributed by atoms with E-state index in [0.29, 0.717) is 112 Å². The van der Waals surface area contributed by atoms with E-state index in [9.17, 15) is 97.9 Å². The number of fused-ring (bicyclic) bond motifs is 3. The highest BCUT2D eigenvalue weighted by molar-refractivity contribution is 7.98. The second-order valence-corrected chi connectivity index (χ2v) is 47.5. The number of esters is 3. The minimum Gasteiger partial charge on any atom is -0.743 e. The number of alkyl halides is 9. The first kappa shape index (κ1) is 94.7. The van der Waals surface area contributed by atoms with Gasteiger partial charge in [0.25, 0.3) is 6.10 Å². The second kappa shape index (κ2) is 38.8. The Bertz CT molecular complexity index is 4760. The van der Waals surface area contributed by atoms with Crippen molar-refractivity contribution in [2.75, 3.05) is 60.9 Å². The summed E-state index contributed by atoms with van der Waals surface area (Å²) >= 11 is 0. The van der Waals surface area contributed by atoms with Crippen LogP contribution in [0.5, 0.6) is 17.2 Å². The van der Waals surface area contributed by atoms with Gasteiger partial charge in [-0.3, -0.25) is 14.4 Å². The molecule has 12 aliphatic carbocycles. The molecule has 0 aromatic heterocycles. The van der Waals surface area contributed by atoms with Crippen LogP contribution >= 0.6 is 0 Å². The summed E-state index contributed by atoms with van der Waals surface area (Å²) in [6, 6.07) is 38.7. The van der Waals surface area contributed by atoms with Crippen molar-refractivity contribution in [1.29, 1.82) is 0 Å². The average molecular weight is 1840 g/mol. The zero-order chi connectivity index (χ0) is 88.3. The Morgan fingerprint density at radius 3 is 0.943 bits per heavy atom. The Balaban J connectivity index is 0.000000127. The maximum absolute atomic E-state index is 13.5. The molecule has 21 rings (SSSR count). The van der Waals surface area contributed by atoms with Crippen molar-refractivity contribution in [2.45, 2.75) is 236 Å². The van der Waals surface area contributed by atoms with Crippen LogP contribution in [0.15, 0.2) is 124 Å². The van der Waals surface area contributed by atoms with Crippen LogP contribution in [0.2, 0.25) is 0 Å².